The van der Waals surface area contributed by atoms with Crippen LogP contribution in [0.15, 0.2) is 91.4 Å². The molecule has 0 radical (unpaired) electrons. The highest BCUT2D eigenvalue weighted by atomic mass is 35.5. The number of piperazine rings is 2. The van der Waals surface area contributed by atoms with Crippen molar-refractivity contribution in [3.8, 4) is 0 Å². The van der Waals surface area contributed by atoms with Gasteiger partial charge in [0.25, 0.3) is 0 Å². The van der Waals surface area contributed by atoms with Crippen LogP contribution in [0.4, 0.5) is 5.82 Å². The topological polar surface area (TPSA) is 156 Å². The maximum atomic E-state index is 5.95. The zero-order valence-electron chi connectivity index (χ0n) is 43.6. The summed E-state index contributed by atoms with van der Waals surface area (Å²) in [6, 6.07) is 24.3. The highest BCUT2D eigenvalue weighted by Crippen LogP contribution is 2.22. The average Bonchev–Trinajstić information content (AvgIpc) is 3.37. The third-order valence-electron chi connectivity index (χ3n) is 11.8. The van der Waals surface area contributed by atoms with E-state index in [-0.39, 0.29) is 26.9 Å². The molecule has 8 heterocycles. The Morgan fingerprint density at radius 2 is 0.986 bits per heavy atom. The molecule has 0 unspecified atom stereocenters. The van der Waals surface area contributed by atoms with Gasteiger partial charge in [-0.1, -0.05) is 56.3 Å². The number of pyridine rings is 3. The normalized spacial score (nSPS) is 14.7. The standard InChI is InChI=1S/C19H28N6.C14H17ClN4.C8H12N2.C6H6Cl2N2.C5H12N2.2CH4/c1-15(18-7-5-6-8-20-18)24(4)14-17-13-19(22-16(2)21-17)25-11-9-23(3)10-12-25;1-10(13-6-4-5-7-16-13)19(3)9-12-8-14(15)18-11(2)17-12;1-7(9-2)8-5-3-4-6-10-8;1-4-9-5(3-7)2-6(8)10-4;1-7-4-2-6-3-5-7;;/h5-8,13,15H,9-12,14H2,1-4H3;4-8,10H,9H2,1-3H3;3-7,9H,1-2H3;2H,3H2,1H3;6H,2-5H2,1H3;2*1H4/t15-;10-;7-;;;;/m000..../s1. The summed E-state index contributed by atoms with van der Waals surface area (Å²) in [5, 5.41) is 7.33. The number of rotatable bonds is 12. The lowest BCUT2D eigenvalue weighted by Crippen LogP contribution is -2.45. The van der Waals surface area contributed by atoms with E-state index in [0.29, 0.717) is 40.4 Å². The minimum absolute atomic E-state index is 0. The molecule has 2 N–H and O–H groups in total. The van der Waals surface area contributed by atoms with Crippen LogP contribution in [0.3, 0.4) is 0 Å². The van der Waals surface area contributed by atoms with Gasteiger partial charge in [-0.15, -0.1) is 11.6 Å². The number of aryl methyl sites for hydroxylation is 3. The number of nitrogens with one attached hydrogen (secondary N) is 2. The van der Waals surface area contributed by atoms with Gasteiger partial charge in [-0.25, -0.2) is 29.9 Å². The number of hydrogen-bond acceptors (Lipinski definition) is 16. The fourth-order valence-electron chi connectivity index (χ4n) is 7.26. The lowest BCUT2D eigenvalue weighted by atomic mass is 10.2. The first-order valence-electron chi connectivity index (χ1n) is 24.1. The zero-order chi connectivity index (χ0) is 51.7. The molecule has 2 aliphatic heterocycles. The van der Waals surface area contributed by atoms with Crippen LogP contribution in [0, 0.1) is 20.8 Å². The van der Waals surface area contributed by atoms with Crippen molar-refractivity contribution in [2.75, 3.05) is 92.5 Å². The van der Waals surface area contributed by atoms with Gasteiger partial charge in [0.15, 0.2) is 0 Å². The summed E-state index contributed by atoms with van der Waals surface area (Å²) in [7, 11) is 10.4. The van der Waals surface area contributed by atoms with E-state index < -0.39 is 0 Å². The van der Waals surface area contributed by atoms with E-state index in [0.717, 1.165) is 91.6 Å². The van der Waals surface area contributed by atoms with Crippen molar-refractivity contribution in [2.24, 2.45) is 0 Å². The van der Waals surface area contributed by atoms with E-state index in [1.165, 1.54) is 13.1 Å². The first-order valence-corrected chi connectivity index (χ1v) is 25.4. The molecule has 6 aromatic rings. The summed E-state index contributed by atoms with van der Waals surface area (Å²) in [6.45, 7) is 22.4. The summed E-state index contributed by atoms with van der Waals surface area (Å²) in [6.07, 6.45) is 5.47. The first kappa shape index (κ1) is 64.2. The fourth-order valence-corrected chi connectivity index (χ4v) is 7.89. The smallest absolute Gasteiger partial charge is 0.133 e. The van der Waals surface area contributed by atoms with Crippen LogP contribution in [-0.4, -0.2) is 152 Å². The van der Waals surface area contributed by atoms with Gasteiger partial charge in [0.2, 0.25) is 0 Å². The quantitative estimate of drug-likeness (QED) is 0.0882. The molecule has 6 aromatic heterocycles. The largest absolute Gasteiger partial charge is 0.354 e. The Kier molecular flexibility index (Phi) is 30.4. The number of nitrogens with zero attached hydrogens (tertiary/aromatic N) is 14. The van der Waals surface area contributed by atoms with Gasteiger partial charge in [0, 0.05) is 108 Å². The van der Waals surface area contributed by atoms with E-state index in [2.05, 4.69) is 134 Å². The van der Waals surface area contributed by atoms with E-state index in [1.807, 2.05) is 95.1 Å². The molecule has 400 valence electrons. The lowest BCUT2D eigenvalue weighted by molar-refractivity contribution is 0.245. The molecule has 2 saturated heterocycles. The average molecular weight is 1060 g/mol. The van der Waals surface area contributed by atoms with Gasteiger partial charge < -0.3 is 25.3 Å². The number of alkyl halides is 1. The molecule has 19 heteroatoms. The van der Waals surface area contributed by atoms with Gasteiger partial charge in [0.1, 0.15) is 33.6 Å². The highest BCUT2D eigenvalue weighted by Gasteiger charge is 2.19. The van der Waals surface area contributed by atoms with E-state index >= 15 is 0 Å². The SMILES string of the molecule is C.C.CN1CCNCC1.CN[C@@H](C)c1ccccn1.Cc1nc(CN(C)[C@@H](C)c2ccccn2)cc(N2CCN(C)CC2)n1.Cc1nc(Cl)cc(CCl)n1.Cc1nc(Cl)cc(CN(C)[C@@H](C)c2ccccn2)n1. The first-order chi connectivity index (χ1) is 34.0. The Morgan fingerprint density at radius 1 is 0.575 bits per heavy atom. The van der Waals surface area contributed by atoms with Crippen LogP contribution in [0.25, 0.3) is 0 Å². The van der Waals surface area contributed by atoms with Crippen molar-refractivity contribution in [3.05, 3.63) is 153 Å². The summed E-state index contributed by atoms with van der Waals surface area (Å²) in [5.74, 6) is 3.62. The van der Waals surface area contributed by atoms with Crippen LogP contribution in [-0.2, 0) is 19.0 Å². The van der Waals surface area contributed by atoms with Gasteiger partial charge in [0.05, 0.1) is 40.0 Å². The molecular formula is C54H83Cl3N16. The molecule has 2 aliphatic rings. The Bertz CT molecular complexity index is 2350. The van der Waals surface area contributed by atoms with Gasteiger partial charge in [-0.3, -0.25) is 24.8 Å². The van der Waals surface area contributed by atoms with Crippen LogP contribution in [0.5, 0.6) is 0 Å². The van der Waals surface area contributed by atoms with Crippen molar-refractivity contribution in [3.63, 3.8) is 0 Å². The molecule has 0 amide bonds. The lowest BCUT2D eigenvalue weighted by Gasteiger charge is -2.33. The predicted molar refractivity (Wildman–Crippen MR) is 303 cm³/mol. The maximum Gasteiger partial charge on any atom is 0.133 e. The number of hydrogen-bond donors (Lipinski definition) is 2. The second-order valence-corrected chi connectivity index (χ2v) is 18.7. The number of anilines is 1. The second kappa shape index (κ2) is 34.6. The fraction of sp³-hybridized carbons (Fsp3) is 0.500. The number of aromatic nitrogens is 9. The Morgan fingerprint density at radius 3 is 1.38 bits per heavy atom. The molecule has 3 atom stereocenters. The van der Waals surface area contributed by atoms with Crippen LogP contribution >= 0.6 is 34.8 Å². The minimum atomic E-state index is 0. The third kappa shape index (κ3) is 23.9. The summed E-state index contributed by atoms with van der Waals surface area (Å²) in [5.41, 5.74) is 5.95. The number of likely N-dealkylation sites (N-methyl/N-ethyl adjacent to an activating group) is 2. The summed E-state index contributed by atoms with van der Waals surface area (Å²) >= 11 is 17.1. The van der Waals surface area contributed by atoms with Gasteiger partial charge in [-0.2, -0.15) is 0 Å². The Balaban J connectivity index is 0.000000335. The molecule has 0 spiro atoms. The monoisotopic (exact) mass is 1060 g/mol. The molecule has 73 heavy (non-hydrogen) atoms. The van der Waals surface area contributed by atoms with Crippen molar-refractivity contribution in [2.45, 2.75) is 93.5 Å². The van der Waals surface area contributed by atoms with Crippen molar-refractivity contribution in [1.82, 2.24) is 75.1 Å². The van der Waals surface area contributed by atoms with Crippen molar-refractivity contribution < 1.29 is 0 Å². The molecule has 0 saturated carbocycles. The number of halogens is 3. The van der Waals surface area contributed by atoms with Crippen LogP contribution < -0.4 is 15.5 Å². The van der Waals surface area contributed by atoms with Crippen molar-refractivity contribution in [1.29, 1.82) is 0 Å². The van der Waals surface area contributed by atoms with Crippen LogP contribution in [0.1, 0.15) is 105 Å². The summed E-state index contributed by atoms with van der Waals surface area (Å²) in [4.78, 5) is 50.2. The maximum absolute atomic E-state index is 5.95. The van der Waals surface area contributed by atoms with Gasteiger partial charge in [-0.05, 0) is 125 Å². The molecule has 2 fully saturated rings. The molecule has 0 aromatic carbocycles. The van der Waals surface area contributed by atoms with Gasteiger partial charge >= 0.3 is 0 Å². The van der Waals surface area contributed by atoms with E-state index in [1.54, 1.807) is 19.1 Å². The van der Waals surface area contributed by atoms with E-state index in [9.17, 15) is 0 Å². The zero-order valence-corrected chi connectivity index (χ0v) is 45.8. The Hall–Kier alpha value is -4.88. The van der Waals surface area contributed by atoms with Crippen molar-refractivity contribution >= 4 is 40.6 Å². The summed E-state index contributed by atoms with van der Waals surface area (Å²) < 4.78 is 0. The Labute approximate surface area is 452 Å². The molecule has 16 nitrogen and oxygen atoms in total. The molecule has 8 rings (SSSR count). The van der Waals surface area contributed by atoms with Crippen LogP contribution in [0.2, 0.25) is 10.3 Å². The molecular weight excluding hydrogens is 979 g/mol. The second-order valence-electron chi connectivity index (χ2n) is 17.7. The molecule has 0 bridgehead atoms. The molecule has 0 aliphatic carbocycles. The third-order valence-corrected chi connectivity index (χ3v) is 12.5. The van der Waals surface area contributed by atoms with E-state index in [4.69, 9.17) is 34.8 Å². The highest BCUT2D eigenvalue weighted by molar-refractivity contribution is 6.29. The predicted octanol–water partition coefficient (Wildman–Crippen LogP) is 9.48. The minimum Gasteiger partial charge on any atom is -0.354 e.